The number of hydrogen-bond acceptors (Lipinski definition) is 1. The second-order valence-electron chi connectivity index (χ2n) is 4.39. The summed E-state index contributed by atoms with van der Waals surface area (Å²) < 4.78 is 14.6. The molecule has 0 bridgehead atoms. The third kappa shape index (κ3) is 2.41. The molecule has 1 nitrogen and oxygen atoms in total. The molecule has 0 aliphatic heterocycles. The van der Waals surface area contributed by atoms with Crippen LogP contribution < -0.4 is 5.73 Å². The molecule has 1 aliphatic rings. The van der Waals surface area contributed by atoms with Crippen LogP contribution in [0.15, 0.2) is 16.6 Å². The predicted octanol–water partition coefficient (Wildman–Crippen LogP) is 4.23. The molecule has 2 unspecified atom stereocenters. The Morgan fingerprint density at radius 1 is 1.38 bits per heavy atom. The minimum atomic E-state index is -0.296. The number of halogens is 3. The van der Waals surface area contributed by atoms with Crippen molar-refractivity contribution in [1.29, 1.82) is 0 Å². The van der Waals surface area contributed by atoms with Crippen molar-refractivity contribution in [1.82, 2.24) is 0 Å². The van der Waals surface area contributed by atoms with Gasteiger partial charge in [-0.2, -0.15) is 0 Å². The van der Waals surface area contributed by atoms with Gasteiger partial charge in [-0.25, -0.2) is 4.39 Å². The maximum atomic E-state index is 14.0. The summed E-state index contributed by atoms with van der Waals surface area (Å²) in [6.07, 6.45) is 3.97. The summed E-state index contributed by atoms with van der Waals surface area (Å²) in [4.78, 5) is 0. The van der Waals surface area contributed by atoms with Gasteiger partial charge in [0.25, 0.3) is 0 Å². The number of rotatable bonds is 1. The summed E-state index contributed by atoms with van der Waals surface area (Å²) in [5, 5.41) is 0.177. The quantitative estimate of drug-likeness (QED) is 0.772. The monoisotopic (exact) mass is 305 g/mol. The molecular weight excluding hydrogens is 292 g/mol. The summed E-state index contributed by atoms with van der Waals surface area (Å²) in [5.74, 6) is -0.0792. The molecule has 1 fully saturated rings. The van der Waals surface area contributed by atoms with Crippen molar-refractivity contribution in [3.63, 3.8) is 0 Å². The molecule has 1 aromatic rings. The van der Waals surface area contributed by atoms with Crippen molar-refractivity contribution in [2.24, 2.45) is 5.73 Å². The van der Waals surface area contributed by atoms with Gasteiger partial charge in [0.1, 0.15) is 5.82 Å². The van der Waals surface area contributed by atoms with Crippen molar-refractivity contribution < 1.29 is 4.39 Å². The fourth-order valence-corrected chi connectivity index (χ4v) is 2.84. The van der Waals surface area contributed by atoms with E-state index in [4.69, 9.17) is 17.3 Å². The minimum Gasteiger partial charge on any atom is -0.328 e. The van der Waals surface area contributed by atoms with Crippen molar-refractivity contribution in [3.8, 4) is 0 Å². The summed E-state index contributed by atoms with van der Waals surface area (Å²) in [6, 6.07) is 3.81. The first-order chi connectivity index (χ1) is 7.59. The number of benzene rings is 1. The zero-order valence-corrected chi connectivity index (χ0v) is 11.2. The average molecular weight is 307 g/mol. The molecule has 2 rings (SSSR count). The lowest BCUT2D eigenvalue weighted by Crippen LogP contribution is -2.27. The van der Waals surface area contributed by atoms with Crippen LogP contribution in [0, 0.1) is 5.82 Å². The maximum Gasteiger partial charge on any atom is 0.146 e. The van der Waals surface area contributed by atoms with E-state index in [1.54, 1.807) is 6.07 Å². The Morgan fingerprint density at radius 2 is 2.12 bits per heavy atom. The van der Waals surface area contributed by atoms with Gasteiger partial charge in [0.05, 0.1) is 5.02 Å². The SMILES string of the molecule is NC1CCCC(c2ccc(Br)c(Cl)c2F)C1. The van der Waals surface area contributed by atoms with Crippen LogP contribution in [-0.2, 0) is 0 Å². The topological polar surface area (TPSA) is 26.0 Å². The van der Waals surface area contributed by atoms with E-state index in [2.05, 4.69) is 15.9 Å². The number of hydrogen-bond donors (Lipinski definition) is 1. The molecule has 4 heteroatoms. The molecule has 0 saturated heterocycles. The highest BCUT2D eigenvalue weighted by Crippen LogP contribution is 2.37. The Balaban J connectivity index is 2.29. The van der Waals surface area contributed by atoms with Crippen LogP contribution in [0.5, 0.6) is 0 Å². The predicted molar refractivity (Wildman–Crippen MR) is 68.3 cm³/mol. The lowest BCUT2D eigenvalue weighted by Gasteiger charge is -2.27. The first-order valence-corrected chi connectivity index (χ1v) is 6.65. The van der Waals surface area contributed by atoms with Gasteiger partial charge in [0.2, 0.25) is 0 Å². The van der Waals surface area contributed by atoms with E-state index in [0.717, 1.165) is 25.7 Å². The average Bonchev–Trinajstić information content (AvgIpc) is 2.26. The van der Waals surface area contributed by atoms with Gasteiger partial charge in [-0.05, 0) is 52.7 Å². The molecule has 16 heavy (non-hydrogen) atoms. The second-order valence-corrected chi connectivity index (χ2v) is 5.62. The Bertz CT molecular complexity index is 397. The highest BCUT2D eigenvalue weighted by atomic mass is 79.9. The summed E-state index contributed by atoms with van der Waals surface area (Å²) in [6.45, 7) is 0. The maximum absolute atomic E-state index is 14.0. The van der Waals surface area contributed by atoms with Crippen molar-refractivity contribution in [2.45, 2.75) is 37.6 Å². The fourth-order valence-electron chi connectivity index (χ4n) is 2.37. The zero-order chi connectivity index (χ0) is 11.7. The third-order valence-corrected chi connectivity index (χ3v) is 4.48. The number of nitrogens with two attached hydrogens (primary N) is 1. The first-order valence-electron chi connectivity index (χ1n) is 5.48. The van der Waals surface area contributed by atoms with Gasteiger partial charge in [-0.15, -0.1) is 0 Å². The van der Waals surface area contributed by atoms with Gasteiger partial charge in [-0.3, -0.25) is 0 Å². The Labute approximate surface area is 108 Å². The van der Waals surface area contributed by atoms with Gasteiger partial charge >= 0.3 is 0 Å². The molecule has 0 spiro atoms. The Kier molecular flexibility index (Phi) is 3.88. The lowest BCUT2D eigenvalue weighted by molar-refractivity contribution is 0.384. The van der Waals surface area contributed by atoms with Crippen LogP contribution in [0.1, 0.15) is 37.2 Å². The molecule has 1 aliphatic carbocycles. The molecule has 88 valence electrons. The van der Waals surface area contributed by atoms with Gasteiger partial charge in [0, 0.05) is 10.5 Å². The van der Waals surface area contributed by atoms with Gasteiger partial charge in [0.15, 0.2) is 0 Å². The van der Waals surface area contributed by atoms with Crippen molar-refractivity contribution in [3.05, 3.63) is 33.0 Å². The van der Waals surface area contributed by atoms with E-state index < -0.39 is 0 Å². The highest BCUT2D eigenvalue weighted by Gasteiger charge is 2.24. The molecule has 0 amide bonds. The van der Waals surface area contributed by atoms with E-state index in [0.29, 0.717) is 10.0 Å². The van der Waals surface area contributed by atoms with Crippen LogP contribution in [0.3, 0.4) is 0 Å². The lowest BCUT2D eigenvalue weighted by atomic mass is 9.81. The highest BCUT2D eigenvalue weighted by molar-refractivity contribution is 9.10. The van der Waals surface area contributed by atoms with Crippen LogP contribution in [0.2, 0.25) is 5.02 Å². The van der Waals surface area contributed by atoms with E-state index in [1.165, 1.54) is 0 Å². The van der Waals surface area contributed by atoms with Crippen molar-refractivity contribution >= 4 is 27.5 Å². The molecule has 0 aromatic heterocycles. The smallest absolute Gasteiger partial charge is 0.146 e. The Hall–Kier alpha value is -0.120. The second kappa shape index (κ2) is 5.03. The van der Waals surface area contributed by atoms with Crippen LogP contribution >= 0.6 is 27.5 Å². The van der Waals surface area contributed by atoms with Gasteiger partial charge in [-0.1, -0.05) is 24.1 Å². The molecule has 2 atom stereocenters. The van der Waals surface area contributed by atoms with Gasteiger partial charge < -0.3 is 5.73 Å². The van der Waals surface area contributed by atoms with E-state index in [9.17, 15) is 4.39 Å². The summed E-state index contributed by atoms with van der Waals surface area (Å²) in [7, 11) is 0. The Morgan fingerprint density at radius 3 is 2.81 bits per heavy atom. The van der Waals surface area contributed by atoms with Crippen molar-refractivity contribution in [2.75, 3.05) is 0 Å². The normalized spacial score (nSPS) is 25.8. The summed E-state index contributed by atoms with van der Waals surface area (Å²) in [5.41, 5.74) is 6.63. The molecule has 1 aromatic carbocycles. The van der Waals surface area contributed by atoms with Crippen LogP contribution in [0.25, 0.3) is 0 Å². The molecule has 2 N–H and O–H groups in total. The molecule has 0 radical (unpaired) electrons. The molecule has 0 heterocycles. The van der Waals surface area contributed by atoms with E-state index >= 15 is 0 Å². The summed E-state index contributed by atoms with van der Waals surface area (Å²) >= 11 is 9.10. The zero-order valence-electron chi connectivity index (χ0n) is 8.85. The molecular formula is C12H14BrClFN. The van der Waals surface area contributed by atoms with E-state index in [-0.39, 0.29) is 22.8 Å². The van der Waals surface area contributed by atoms with Crippen LogP contribution in [0.4, 0.5) is 4.39 Å². The standard InChI is InChI=1S/C12H14BrClFN/c13-10-5-4-9(12(15)11(10)14)7-2-1-3-8(16)6-7/h4-5,7-8H,1-3,6,16H2. The minimum absolute atomic E-state index is 0.177. The largest absolute Gasteiger partial charge is 0.328 e. The van der Waals surface area contributed by atoms with E-state index in [1.807, 2.05) is 6.07 Å². The first kappa shape index (κ1) is 12.3. The fraction of sp³-hybridized carbons (Fsp3) is 0.500. The third-order valence-electron chi connectivity index (χ3n) is 3.22. The molecule has 1 saturated carbocycles. The van der Waals surface area contributed by atoms with Crippen LogP contribution in [-0.4, -0.2) is 6.04 Å².